The van der Waals surface area contributed by atoms with Gasteiger partial charge in [-0.15, -0.1) is 0 Å². The number of aromatic nitrogens is 1. The van der Waals surface area contributed by atoms with Crippen LogP contribution in [0, 0.1) is 6.92 Å². The zero-order valence-electron chi connectivity index (χ0n) is 16.0. The average molecular weight is 424 g/mol. The standard InChI is InChI=1S/C22H21N3O2S2/c1-14-7-9-16(10-8-14)20(27)25-21-19(15-5-3-2-4-6-15)24-22(29-21)28-13-18(26)23-17-11-12-17/h2-10,17H,11-13H2,1H3,(H,23,26)(H,25,27). The van der Waals surface area contributed by atoms with Crippen LogP contribution in [0.2, 0.25) is 0 Å². The molecule has 1 heterocycles. The van der Waals surface area contributed by atoms with Gasteiger partial charge in [-0.05, 0) is 31.9 Å². The minimum absolute atomic E-state index is 0.0270. The first kappa shape index (κ1) is 19.7. The molecule has 3 aromatic rings. The van der Waals surface area contributed by atoms with Gasteiger partial charge < -0.3 is 10.6 Å². The summed E-state index contributed by atoms with van der Waals surface area (Å²) < 4.78 is 0.758. The molecule has 0 radical (unpaired) electrons. The largest absolute Gasteiger partial charge is 0.353 e. The second-order valence-corrected chi connectivity index (χ2v) is 9.20. The number of anilines is 1. The van der Waals surface area contributed by atoms with Crippen LogP contribution in [0.25, 0.3) is 11.3 Å². The summed E-state index contributed by atoms with van der Waals surface area (Å²) in [5.41, 5.74) is 3.35. The molecule has 148 valence electrons. The van der Waals surface area contributed by atoms with E-state index in [0.717, 1.165) is 34.0 Å². The molecule has 5 nitrogen and oxygen atoms in total. The number of carbonyl (C=O) groups is 2. The molecular formula is C22H21N3O2S2. The Balaban J connectivity index is 1.53. The summed E-state index contributed by atoms with van der Waals surface area (Å²) >= 11 is 2.79. The van der Waals surface area contributed by atoms with E-state index in [0.29, 0.717) is 22.4 Å². The van der Waals surface area contributed by atoms with Crippen molar-refractivity contribution in [3.05, 3.63) is 65.7 Å². The third-order valence-electron chi connectivity index (χ3n) is 4.46. The second kappa shape index (κ2) is 8.80. The van der Waals surface area contributed by atoms with Crippen molar-refractivity contribution in [2.24, 2.45) is 0 Å². The number of rotatable bonds is 7. The number of amides is 2. The summed E-state index contributed by atoms with van der Waals surface area (Å²) in [5, 5.41) is 6.67. The molecule has 2 amide bonds. The van der Waals surface area contributed by atoms with Crippen LogP contribution in [0.4, 0.5) is 5.00 Å². The van der Waals surface area contributed by atoms with Gasteiger partial charge in [0.05, 0.1) is 5.75 Å². The molecule has 0 atom stereocenters. The van der Waals surface area contributed by atoms with Gasteiger partial charge in [0.1, 0.15) is 10.7 Å². The van der Waals surface area contributed by atoms with Crippen molar-refractivity contribution in [2.75, 3.05) is 11.1 Å². The van der Waals surface area contributed by atoms with Crippen LogP contribution < -0.4 is 10.6 Å². The number of hydrogen-bond donors (Lipinski definition) is 2. The smallest absolute Gasteiger partial charge is 0.256 e. The number of thioether (sulfide) groups is 1. The minimum atomic E-state index is -0.172. The Morgan fingerprint density at radius 2 is 1.83 bits per heavy atom. The van der Waals surface area contributed by atoms with E-state index >= 15 is 0 Å². The Hall–Kier alpha value is -2.64. The first-order valence-electron chi connectivity index (χ1n) is 9.45. The summed E-state index contributed by atoms with van der Waals surface area (Å²) in [6.45, 7) is 1.99. The summed E-state index contributed by atoms with van der Waals surface area (Å²) in [5.74, 6) is 0.178. The summed E-state index contributed by atoms with van der Waals surface area (Å²) in [6.07, 6.45) is 2.14. The summed E-state index contributed by atoms with van der Waals surface area (Å²) in [7, 11) is 0. The molecule has 0 aliphatic heterocycles. The molecule has 7 heteroatoms. The fraction of sp³-hybridized carbons (Fsp3) is 0.227. The van der Waals surface area contributed by atoms with Crippen LogP contribution in [0.15, 0.2) is 58.9 Å². The molecule has 1 aromatic heterocycles. The van der Waals surface area contributed by atoms with E-state index in [1.54, 1.807) is 0 Å². The fourth-order valence-corrected chi connectivity index (χ4v) is 4.61. The highest BCUT2D eigenvalue weighted by Crippen LogP contribution is 2.37. The molecule has 1 saturated carbocycles. The Bertz CT molecular complexity index is 1010. The molecule has 1 aliphatic rings. The predicted molar refractivity (Wildman–Crippen MR) is 119 cm³/mol. The van der Waals surface area contributed by atoms with Crippen LogP contribution in [0.1, 0.15) is 28.8 Å². The third-order valence-corrected chi connectivity index (χ3v) is 6.58. The van der Waals surface area contributed by atoms with Gasteiger partial charge in [-0.2, -0.15) is 0 Å². The molecule has 0 saturated heterocycles. The lowest BCUT2D eigenvalue weighted by molar-refractivity contribution is -0.118. The molecule has 1 fully saturated rings. The van der Waals surface area contributed by atoms with E-state index in [1.807, 2.05) is 61.5 Å². The molecule has 0 spiro atoms. The van der Waals surface area contributed by atoms with Gasteiger partial charge in [0, 0.05) is 17.2 Å². The van der Waals surface area contributed by atoms with Gasteiger partial charge in [0.15, 0.2) is 4.34 Å². The Morgan fingerprint density at radius 3 is 2.52 bits per heavy atom. The predicted octanol–water partition coefficient (Wildman–Crippen LogP) is 4.74. The molecule has 29 heavy (non-hydrogen) atoms. The van der Waals surface area contributed by atoms with Gasteiger partial charge in [-0.25, -0.2) is 4.98 Å². The van der Waals surface area contributed by atoms with E-state index in [9.17, 15) is 9.59 Å². The summed E-state index contributed by atoms with van der Waals surface area (Å²) in [6, 6.07) is 17.6. The minimum Gasteiger partial charge on any atom is -0.353 e. The lowest BCUT2D eigenvalue weighted by Crippen LogP contribution is -2.26. The lowest BCUT2D eigenvalue weighted by atomic mass is 10.1. The topological polar surface area (TPSA) is 71.1 Å². The van der Waals surface area contributed by atoms with Gasteiger partial charge in [0.25, 0.3) is 5.91 Å². The van der Waals surface area contributed by atoms with E-state index in [1.165, 1.54) is 23.1 Å². The monoisotopic (exact) mass is 423 g/mol. The highest BCUT2D eigenvalue weighted by molar-refractivity contribution is 8.01. The Morgan fingerprint density at radius 1 is 1.10 bits per heavy atom. The van der Waals surface area contributed by atoms with Crippen molar-refractivity contribution < 1.29 is 9.59 Å². The maximum atomic E-state index is 12.7. The van der Waals surface area contributed by atoms with Crippen molar-refractivity contribution in [2.45, 2.75) is 30.1 Å². The molecule has 1 aliphatic carbocycles. The molecule has 2 N–H and O–H groups in total. The van der Waals surface area contributed by atoms with Gasteiger partial charge in [0.2, 0.25) is 5.91 Å². The van der Waals surface area contributed by atoms with E-state index in [4.69, 9.17) is 4.98 Å². The van der Waals surface area contributed by atoms with Crippen LogP contribution in [-0.4, -0.2) is 28.6 Å². The summed E-state index contributed by atoms with van der Waals surface area (Å²) in [4.78, 5) is 29.4. The average Bonchev–Trinajstić information content (AvgIpc) is 3.45. The molecule has 0 unspecified atom stereocenters. The van der Waals surface area contributed by atoms with Crippen molar-refractivity contribution in [3.8, 4) is 11.3 Å². The quantitative estimate of drug-likeness (QED) is 0.539. The van der Waals surface area contributed by atoms with Crippen LogP contribution >= 0.6 is 23.1 Å². The number of benzene rings is 2. The number of thiazole rings is 1. The maximum absolute atomic E-state index is 12.7. The maximum Gasteiger partial charge on any atom is 0.256 e. The molecular weight excluding hydrogens is 402 g/mol. The molecule has 2 aromatic carbocycles. The van der Waals surface area contributed by atoms with Gasteiger partial charge in [-0.3, -0.25) is 9.59 Å². The van der Waals surface area contributed by atoms with Crippen molar-refractivity contribution in [1.82, 2.24) is 10.3 Å². The number of aryl methyl sites for hydroxylation is 1. The third kappa shape index (κ3) is 5.25. The van der Waals surface area contributed by atoms with Crippen LogP contribution in [0.5, 0.6) is 0 Å². The van der Waals surface area contributed by atoms with Crippen LogP contribution in [0.3, 0.4) is 0 Å². The van der Waals surface area contributed by atoms with Crippen molar-refractivity contribution in [3.63, 3.8) is 0 Å². The Labute approximate surface area is 178 Å². The first-order chi connectivity index (χ1) is 14.1. The van der Waals surface area contributed by atoms with Crippen LogP contribution in [-0.2, 0) is 4.79 Å². The number of carbonyl (C=O) groups excluding carboxylic acids is 2. The molecule has 0 bridgehead atoms. The van der Waals surface area contributed by atoms with Crippen molar-refractivity contribution >= 4 is 39.9 Å². The molecule has 4 rings (SSSR count). The lowest BCUT2D eigenvalue weighted by Gasteiger charge is -2.05. The number of hydrogen-bond acceptors (Lipinski definition) is 5. The Kier molecular flexibility index (Phi) is 5.97. The van der Waals surface area contributed by atoms with E-state index in [-0.39, 0.29) is 11.8 Å². The van der Waals surface area contributed by atoms with Gasteiger partial charge in [-0.1, -0.05) is 71.1 Å². The second-order valence-electron chi connectivity index (χ2n) is 6.97. The van der Waals surface area contributed by atoms with Gasteiger partial charge >= 0.3 is 0 Å². The number of nitrogens with zero attached hydrogens (tertiary/aromatic N) is 1. The van der Waals surface area contributed by atoms with Crippen molar-refractivity contribution in [1.29, 1.82) is 0 Å². The first-order valence-corrected chi connectivity index (χ1v) is 11.2. The fourth-order valence-electron chi connectivity index (χ4n) is 2.74. The SMILES string of the molecule is Cc1ccc(C(=O)Nc2sc(SCC(=O)NC3CC3)nc2-c2ccccc2)cc1. The zero-order chi connectivity index (χ0) is 20.2. The van der Waals surface area contributed by atoms with E-state index in [2.05, 4.69) is 10.6 Å². The number of nitrogens with one attached hydrogen (secondary N) is 2. The highest BCUT2D eigenvalue weighted by atomic mass is 32.2. The highest BCUT2D eigenvalue weighted by Gasteiger charge is 2.23. The zero-order valence-corrected chi connectivity index (χ0v) is 17.6. The van der Waals surface area contributed by atoms with E-state index < -0.39 is 0 Å². The normalized spacial score (nSPS) is 13.1.